The van der Waals surface area contributed by atoms with Crippen molar-refractivity contribution in [1.82, 2.24) is 19.4 Å². The number of nitrogens with zero attached hydrogens (tertiary/aromatic N) is 3. The lowest BCUT2D eigenvalue weighted by atomic mass is 10.1. The molecular formula is C15H19BrN4O3S2. The normalized spacial score (nSPS) is 16.4. The largest absolute Gasteiger partial charge is 0.338 e. The number of rotatable bonds is 4. The van der Waals surface area contributed by atoms with E-state index in [1.807, 2.05) is 24.0 Å². The number of piperidine rings is 1. The minimum atomic E-state index is -3.58. The highest BCUT2D eigenvalue weighted by molar-refractivity contribution is 9.11. The second-order valence-electron chi connectivity index (χ2n) is 5.98. The number of hydrogen-bond donors (Lipinski definition) is 1. The van der Waals surface area contributed by atoms with Crippen LogP contribution in [0.3, 0.4) is 0 Å². The van der Waals surface area contributed by atoms with E-state index in [4.69, 9.17) is 0 Å². The number of carbonyl (C=O) groups is 1. The van der Waals surface area contributed by atoms with Gasteiger partial charge in [-0.15, -0.1) is 11.3 Å². The Labute approximate surface area is 159 Å². The molecule has 0 saturated carbocycles. The number of nitrogens with one attached hydrogen (secondary N) is 1. The van der Waals surface area contributed by atoms with Crippen LogP contribution in [-0.2, 0) is 10.0 Å². The molecule has 0 bridgehead atoms. The van der Waals surface area contributed by atoms with Crippen LogP contribution in [0.2, 0.25) is 0 Å². The van der Waals surface area contributed by atoms with Crippen molar-refractivity contribution in [2.24, 2.45) is 0 Å². The van der Waals surface area contributed by atoms with Gasteiger partial charge in [-0.05, 0) is 54.4 Å². The van der Waals surface area contributed by atoms with Crippen molar-refractivity contribution in [3.8, 4) is 0 Å². The second kappa shape index (κ2) is 7.18. The van der Waals surface area contributed by atoms with Gasteiger partial charge in [-0.25, -0.2) is 13.1 Å². The van der Waals surface area contributed by atoms with Gasteiger partial charge in [0, 0.05) is 19.3 Å². The summed E-state index contributed by atoms with van der Waals surface area (Å²) in [6, 6.07) is 1.74. The van der Waals surface area contributed by atoms with Crippen LogP contribution in [0, 0.1) is 6.92 Å². The van der Waals surface area contributed by atoms with Gasteiger partial charge in [-0.3, -0.25) is 9.48 Å². The third-order valence-corrected chi connectivity index (χ3v) is 7.94. The maximum Gasteiger partial charge on any atom is 0.264 e. The third kappa shape index (κ3) is 3.81. The van der Waals surface area contributed by atoms with Crippen LogP contribution in [0.25, 0.3) is 0 Å². The molecule has 1 amide bonds. The van der Waals surface area contributed by atoms with Crippen LogP contribution in [0.4, 0.5) is 0 Å². The van der Waals surface area contributed by atoms with Crippen LogP contribution < -0.4 is 4.72 Å². The number of thiophene rings is 1. The molecule has 2 aromatic heterocycles. The Balaban J connectivity index is 1.70. The van der Waals surface area contributed by atoms with Gasteiger partial charge in [-0.2, -0.15) is 5.10 Å². The zero-order valence-electron chi connectivity index (χ0n) is 13.9. The van der Waals surface area contributed by atoms with Crippen LogP contribution in [-0.4, -0.2) is 49.1 Å². The number of likely N-dealkylation sites (tertiary alicyclic amines) is 1. The quantitative estimate of drug-likeness (QED) is 0.780. The van der Waals surface area contributed by atoms with Crippen molar-refractivity contribution in [1.29, 1.82) is 0 Å². The third-order valence-electron chi connectivity index (χ3n) is 4.28. The van der Waals surface area contributed by atoms with Crippen molar-refractivity contribution in [2.75, 3.05) is 20.1 Å². The summed E-state index contributed by atoms with van der Waals surface area (Å²) in [6.07, 6.45) is 5.53. The Morgan fingerprint density at radius 1 is 1.40 bits per heavy atom. The first kappa shape index (κ1) is 18.6. The Hall–Kier alpha value is -1.23. The molecule has 0 spiro atoms. The Bertz CT molecular complexity index is 882. The van der Waals surface area contributed by atoms with Crippen molar-refractivity contribution in [2.45, 2.75) is 30.7 Å². The lowest BCUT2D eigenvalue weighted by Crippen LogP contribution is -2.38. The van der Waals surface area contributed by atoms with Gasteiger partial charge in [0.2, 0.25) is 10.0 Å². The zero-order valence-corrected chi connectivity index (χ0v) is 17.1. The lowest BCUT2D eigenvalue weighted by molar-refractivity contribution is 0.0694. The van der Waals surface area contributed by atoms with E-state index in [1.54, 1.807) is 4.90 Å². The van der Waals surface area contributed by atoms with Crippen molar-refractivity contribution >= 4 is 43.2 Å². The Morgan fingerprint density at radius 2 is 2.08 bits per heavy atom. The number of carbonyl (C=O) groups excluding carboxylic acids is 1. The monoisotopic (exact) mass is 446 g/mol. The number of sulfonamides is 1. The van der Waals surface area contributed by atoms with Gasteiger partial charge in [0.15, 0.2) is 0 Å². The Kier molecular flexibility index (Phi) is 5.33. The average molecular weight is 447 g/mol. The zero-order chi connectivity index (χ0) is 18.2. The summed E-state index contributed by atoms with van der Waals surface area (Å²) in [5.74, 6) is -0.127. The molecule has 1 saturated heterocycles. The number of aryl methyl sites for hydroxylation is 1. The van der Waals surface area contributed by atoms with E-state index in [9.17, 15) is 13.2 Å². The first-order chi connectivity index (χ1) is 11.8. The fraction of sp³-hybridized carbons (Fsp3) is 0.467. The number of amides is 1. The average Bonchev–Trinajstić information content (AvgIpc) is 3.20. The van der Waals surface area contributed by atoms with E-state index in [0.717, 1.165) is 29.7 Å². The van der Waals surface area contributed by atoms with Crippen molar-refractivity contribution in [3.05, 3.63) is 32.7 Å². The lowest BCUT2D eigenvalue weighted by Gasteiger charge is -2.31. The summed E-state index contributed by atoms with van der Waals surface area (Å²) in [6.45, 7) is 3.27. The van der Waals surface area contributed by atoms with E-state index in [1.165, 1.54) is 13.1 Å². The molecule has 136 valence electrons. The molecule has 3 rings (SSSR count). The van der Waals surface area contributed by atoms with Crippen LogP contribution >= 0.6 is 27.3 Å². The molecule has 0 aromatic carbocycles. The predicted octanol–water partition coefficient (Wildman–Crippen LogP) is 2.40. The first-order valence-corrected chi connectivity index (χ1v) is 10.9. The SMILES string of the molecule is CNS(=O)(=O)c1cc(C(=O)N2CCC(n3cc(C)cn3)CC2)sc1Br. The molecule has 0 aliphatic carbocycles. The maximum atomic E-state index is 12.7. The fourth-order valence-electron chi connectivity index (χ4n) is 2.87. The van der Waals surface area contributed by atoms with Gasteiger partial charge in [0.25, 0.3) is 5.91 Å². The summed E-state index contributed by atoms with van der Waals surface area (Å²) in [5.41, 5.74) is 1.13. The molecule has 1 fully saturated rings. The van der Waals surface area contributed by atoms with E-state index in [2.05, 4.69) is 25.8 Å². The highest BCUT2D eigenvalue weighted by atomic mass is 79.9. The number of halogens is 1. The van der Waals surface area contributed by atoms with E-state index >= 15 is 0 Å². The van der Waals surface area contributed by atoms with E-state index in [0.29, 0.717) is 27.8 Å². The summed E-state index contributed by atoms with van der Waals surface area (Å²) < 4.78 is 28.6. The highest BCUT2D eigenvalue weighted by Crippen LogP contribution is 2.33. The molecule has 0 unspecified atom stereocenters. The van der Waals surface area contributed by atoms with Gasteiger partial charge >= 0.3 is 0 Å². The molecule has 7 nitrogen and oxygen atoms in total. The molecule has 1 N–H and O–H groups in total. The summed E-state index contributed by atoms with van der Waals surface area (Å²) in [7, 11) is -2.23. The molecular weight excluding hydrogens is 428 g/mol. The summed E-state index contributed by atoms with van der Waals surface area (Å²) in [4.78, 5) is 15.0. The van der Waals surface area contributed by atoms with E-state index in [-0.39, 0.29) is 10.8 Å². The van der Waals surface area contributed by atoms with Crippen molar-refractivity contribution in [3.63, 3.8) is 0 Å². The first-order valence-electron chi connectivity index (χ1n) is 7.84. The second-order valence-corrected chi connectivity index (χ2v) is 10.2. The molecule has 2 aromatic rings. The molecule has 25 heavy (non-hydrogen) atoms. The number of hydrogen-bond acceptors (Lipinski definition) is 5. The molecule has 1 aliphatic rings. The molecule has 10 heteroatoms. The van der Waals surface area contributed by atoms with Crippen LogP contribution in [0.15, 0.2) is 27.1 Å². The topological polar surface area (TPSA) is 84.3 Å². The van der Waals surface area contributed by atoms with Crippen LogP contribution in [0.5, 0.6) is 0 Å². The molecule has 1 aliphatic heterocycles. The Morgan fingerprint density at radius 3 is 2.64 bits per heavy atom. The fourth-order valence-corrected chi connectivity index (χ4v) is 6.13. The van der Waals surface area contributed by atoms with Gasteiger partial charge in [-0.1, -0.05) is 0 Å². The summed E-state index contributed by atoms with van der Waals surface area (Å²) in [5, 5.41) is 4.35. The minimum Gasteiger partial charge on any atom is -0.338 e. The standard InChI is InChI=1S/C15H19BrN4O3S2/c1-10-8-18-20(9-10)11-3-5-19(6-4-11)15(21)12-7-13(14(16)24-12)25(22,23)17-2/h7-9,11,17H,3-6H2,1-2H3. The maximum absolute atomic E-state index is 12.7. The summed E-state index contributed by atoms with van der Waals surface area (Å²) >= 11 is 4.39. The molecule has 3 heterocycles. The molecule has 0 atom stereocenters. The minimum absolute atomic E-state index is 0.102. The van der Waals surface area contributed by atoms with Gasteiger partial charge < -0.3 is 4.90 Å². The smallest absolute Gasteiger partial charge is 0.264 e. The predicted molar refractivity (Wildman–Crippen MR) is 99.4 cm³/mol. The number of aromatic nitrogens is 2. The molecule has 0 radical (unpaired) electrons. The van der Waals surface area contributed by atoms with Gasteiger partial charge in [0.05, 0.1) is 20.9 Å². The van der Waals surface area contributed by atoms with Gasteiger partial charge in [0.1, 0.15) is 4.90 Å². The highest BCUT2D eigenvalue weighted by Gasteiger charge is 2.28. The van der Waals surface area contributed by atoms with Crippen LogP contribution in [0.1, 0.15) is 34.1 Å². The van der Waals surface area contributed by atoms with Crippen molar-refractivity contribution < 1.29 is 13.2 Å². The van der Waals surface area contributed by atoms with E-state index < -0.39 is 10.0 Å².